The molecule has 0 aliphatic rings. The zero-order valence-corrected chi connectivity index (χ0v) is 13.4. The fourth-order valence-corrected chi connectivity index (χ4v) is 2.76. The van der Waals surface area contributed by atoms with Gasteiger partial charge in [0.25, 0.3) is 0 Å². The van der Waals surface area contributed by atoms with Gasteiger partial charge in [0.05, 0.1) is 16.8 Å². The third-order valence-corrected chi connectivity index (χ3v) is 3.62. The molecule has 0 spiro atoms. The van der Waals surface area contributed by atoms with Gasteiger partial charge in [-0.25, -0.2) is 4.98 Å². The molecule has 21 heavy (non-hydrogen) atoms. The summed E-state index contributed by atoms with van der Waals surface area (Å²) in [7, 11) is 0. The smallest absolute Gasteiger partial charge is 0.316 e. The molecule has 0 aliphatic carbocycles. The molecule has 0 bridgehead atoms. The van der Waals surface area contributed by atoms with Crippen molar-refractivity contribution in [3.63, 3.8) is 0 Å². The van der Waals surface area contributed by atoms with E-state index in [0.29, 0.717) is 6.54 Å². The first kappa shape index (κ1) is 15.6. The van der Waals surface area contributed by atoms with Crippen molar-refractivity contribution in [2.24, 2.45) is 0 Å². The molecule has 0 fully saturated rings. The Morgan fingerprint density at radius 2 is 2.14 bits per heavy atom. The molecule has 0 saturated carbocycles. The summed E-state index contributed by atoms with van der Waals surface area (Å²) in [5.41, 5.74) is 1.51. The zero-order valence-electron chi connectivity index (χ0n) is 12.6. The molecule has 1 aromatic carbocycles. The Hall–Kier alpha value is -1.75. The first-order valence-corrected chi connectivity index (χ1v) is 7.80. The van der Waals surface area contributed by atoms with Gasteiger partial charge in [0.1, 0.15) is 5.60 Å². The summed E-state index contributed by atoms with van der Waals surface area (Å²) in [5, 5.41) is 0.807. The molecule has 0 amide bonds. The number of hydrogen-bond acceptors (Lipinski definition) is 4. The van der Waals surface area contributed by atoms with Gasteiger partial charge in [-0.1, -0.05) is 30.0 Å². The summed E-state index contributed by atoms with van der Waals surface area (Å²) < 4.78 is 7.37. The van der Waals surface area contributed by atoms with Crippen LogP contribution in [0.25, 0.3) is 11.0 Å². The zero-order chi connectivity index (χ0) is 15.5. The normalized spacial score (nSPS) is 11.6. The minimum atomic E-state index is -0.459. The Bertz CT molecular complexity index is 656. The van der Waals surface area contributed by atoms with E-state index in [0.717, 1.165) is 16.2 Å². The Labute approximate surface area is 129 Å². The Morgan fingerprint density at radius 1 is 1.43 bits per heavy atom. The molecular formula is C16H20N2O2S. The number of para-hydroxylation sites is 2. The van der Waals surface area contributed by atoms with Gasteiger partial charge in [-0.15, -0.1) is 6.58 Å². The van der Waals surface area contributed by atoms with E-state index in [1.165, 1.54) is 11.8 Å². The minimum absolute atomic E-state index is 0.232. The summed E-state index contributed by atoms with van der Waals surface area (Å²) in [4.78, 5) is 16.4. The molecule has 112 valence electrons. The SMILES string of the molecule is C=CCn1c(SCC(=O)OC(C)(C)C)nc2ccccc21. The molecule has 1 heterocycles. The number of imidazole rings is 1. The van der Waals surface area contributed by atoms with Crippen molar-refractivity contribution in [2.45, 2.75) is 38.1 Å². The fourth-order valence-electron chi connectivity index (χ4n) is 1.96. The number of thioether (sulfide) groups is 1. The van der Waals surface area contributed by atoms with Crippen LogP contribution in [0.5, 0.6) is 0 Å². The summed E-state index contributed by atoms with van der Waals surface area (Å²) in [6, 6.07) is 7.91. The first-order valence-electron chi connectivity index (χ1n) is 6.81. The molecule has 0 atom stereocenters. The second-order valence-electron chi connectivity index (χ2n) is 5.66. The molecular weight excluding hydrogens is 284 g/mol. The van der Waals surface area contributed by atoms with E-state index in [1.807, 2.05) is 51.1 Å². The summed E-state index contributed by atoms with van der Waals surface area (Å²) in [5.74, 6) is 0.0160. The van der Waals surface area contributed by atoms with Gasteiger partial charge in [0.15, 0.2) is 5.16 Å². The average Bonchev–Trinajstić information content (AvgIpc) is 2.73. The van der Waals surface area contributed by atoms with Crippen LogP contribution in [0.2, 0.25) is 0 Å². The molecule has 0 N–H and O–H groups in total. The van der Waals surface area contributed by atoms with Crippen LogP contribution in [0, 0.1) is 0 Å². The van der Waals surface area contributed by atoms with Crippen LogP contribution < -0.4 is 0 Å². The largest absolute Gasteiger partial charge is 0.459 e. The molecule has 2 rings (SSSR count). The van der Waals surface area contributed by atoms with E-state index in [9.17, 15) is 4.79 Å². The van der Waals surface area contributed by atoms with Gasteiger partial charge in [0, 0.05) is 6.54 Å². The molecule has 2 aromatic rings. The van der Waals surface area contributed by atoms with Crippen LogP contribution in [0.15, 0.2) is 42.1 Å². The lowest BCUT2D eigenvalue weighted by molar-refractivity contribution is -0.151. The van der Waals surface area contributed by atoms with Gasteiger partial charge >= 0.3 is 5.97 Å². The van der Waals surface area contributed by atoms with E-state index in [2.05, 4.69) is 16.1 Å². The summed E-state index contributed by atoms with van der Waals surface area (Å²) in [6.07, 6.45) is 1.83. The van der Waals surface area contributed by atoms with Gasteiger partial charge in [0.2, 0.25) is 0 Å². The predicted octanol–water partition coefficient (Wildman–Crippen LogP) is 3.66. The van der Waals surface area contributed by atoms with Crippen molar-refractivity contribution >= 4 is 28.8 Å². The number of ether oxygens (including phenoxy) is 1. The highest BCUT2D eigenvalue weighted by Crippen LogP contribution is 2.24. The molecule has 5 heteroatoms. The lowest BCUT2D eigenvalue weighted by Gasteiger charge is -2.19. The van der Waals surface area contributed by atoms with E-state index < -0.39 is 5.60 Å². The Morgan fingerprint density at radius 3 is 2.81 bits per heavy atom. The Kier molecular flexibility index (Phi) is 4.73. The minimum Gasteiger partial charge on any atom is -0.459 e. The van der Waals surface area contributed by atoms with Crippen molar-refractivity contribution in [3.8, 4) is 0 Å². The summed E-state index contributed by atoms with van der Waals surface area (Å²) >= 11 is 1.39. The molecule has 0 saturated heterocycles. The van der Waals surface area contributed by atoms with Crippen LogP contribution in [-0.4, -0.2) is 26.9 Å². The van der Waals surface area contributed by atoms with Crippen LogP contribution in [-0.2, 0) is 16.1 Å². The molecule has 4 nitrogen and oxygen atoms in total. The number of allylic oxidation sites excluding steroid dienone is 1. The third kappa shape index (κ3) is 4.11. The van der Waals surface area contributed by atoms with E-state index in [4.69, 9.17) is 4.74 Å². The highest BCUT2D eigenvalue weighted by atomic mass is 32.2. The number of carbonyl (C=O) groups excluding carboxylic acids is 1. The number of nitrogens with zero attached hydrogens (tertiary/aromatic N) is 2. The van der Waals surface area contributed by atoms with Gasteiger partial charge in [-0.2, -0.15) is 0 Å². The molecule has 0 radical (unpaired) electrons. The number of hydrogen-bond donors (Lipinski definition) is 0. The fraction of sp³-hybridized carbons (Fsp3) is 0.375. The maximum Gasteiger partial charge on any atom is 0.316 e. The average molecular weight is 304 g/mol. The lowest BCUT2D eigenvalue weighted by Crippen LogP contribution is -2.25. The number of esters is 1. The predicted molar refractivity (Wildman–Crippen MR) is 86.5 cm³/mol. The number of fused-ring (bicyclic) bond motifs is 1. The second kappa shape index (κ2) is 6.35. The summed E-state index contributed by atoms with van der Waals surface area (Å²) in [6.45, 7) is 10.0. The van der Waals surface area contributed by atoms with Crippen molar-refractivity contribution < 1.29 is 9.53 Å². The number of rotatable bonds is 5. The van der Waals surface area contributed by atoms with Crippen molar-refractivity contribution in [1.29, 1.82) is 0 Å². The second-order valence-corrected chi connectivity index (χ2v) is 6.60. The Balaban J connectivity index is 2.16. The standard InChI is InChI=1S/C16H20N2O2S/c1-5-10-18-13-9-7-6-8-12(13)17-15(18)21-11-14(19)20-16(2,3)4/h5-9H,1,10-11H2,2-4H3. The van der Waals surface area contributed by atoms with Gasteiger partial charge in [-0.05, 0) is 32.9 Å². The molecule has 0 unspecified atom stereocenters. The quantitative estimate of drug-likeness (QED) is 0.480. The molecule has 1 aromatic heterocycles. The monoisotopic (exact) mass is 304 g/mol. The van der Waals surface area contributed by atoms with Crippen LogP contribution in [0.3, 0.4) is 0 Å². The van der Waals surface area contributed by atoms with E-state index in [-0.39, 0.29) is 11.7 Å². The van der Waals surface area contributed by atoms with Crippen molar-refractivity contribution in [3.05, 3.63) is 36.9 Å². The number of aromatic nitrogens is 2. The number of benzene rings is 1. The maximum absolute atomic E-state index is 11.8. The topological polar surface area (TPSA) is 44.1 Å². The first-order chi connectivity index (χ1) is 9.90. The number of carbonyl (C=O) groups is 1. The highest BCUT2D eigenvalue weighted by Gasteiger charge is 2.18. The maximum atomic E-state index is 11.8. The molecule has 0 aliphatic heterocycles. The van der Waals surface area contributed by atoms with Crippen LogP contribution >= 0.6 is 11.8 Å². The lowest BCUT2D eigenvalue weighted by atomic mass is 10.2. The van der Waals surface area contributed by atoms with E-state index >= 15 is 0 Å². The highest BCUT2D eigenvalue weighted by molar-refractivity contribution is 7.99. The van der Waals surface area contributed by atoms with Gasteiger partial charge < -0.3 is 9.30 Å². The van der Waals surface area contributed by atoms with E-state index in [1.54, 1.807) is 0 Å². The van der Waals surface area contributed by atoms with Crippen LogP contribution in [0.1, 0.15) is 20.8 Å². The van der Waals surface area contributed by atoms with Crippen molar-refractivity contribution in [1.82, 2.24) is 9.55 Å². The van der Waals surface area contributed by atoms with Gasteiger partial charge in [-0.3, -0.25) is 4.79 Å². The van der Waals surface area contributed by atoms with Crippen molar-refractivity contribution in [2.75, 3.05) is 5.75 Å². The van der Waals surface area contributed by atoms with Crippen LogP contribution in [0.4, 0.5) is 0 Å². The third-order valence-electron chi connectivity index (χ3n) is 2.67.